The van der Waals surface area contributed by atoms with E-state index in [9.17, 15) is 0 Å². The van der Waals surface area contributed by atoms with E-state index < -0.39 is 0 Å². The van der Waals surface area contributed by atoms with Gasteiger partial charge in [-0.3, -0.25) is 0 Å². The smallest absolute Gasteiger partial charge is 0.159 e. The first-order valence-corrected chi connectivity index (χ1v) is 5.73. The van der Waals surface area contributed by atoms with Crippen LogP contribution in [0.3, 0.4) is 0 Å². The third kappa shape index (κ3) is 2.27. The van der Waals surface area contributed by atoms with Crippen LogP contribution in [0.15, 0.2) is 36.7 Å². The molecule has 2 rings (SSSR count). The maximum Gasteiger partial charge on any atom is 0.159 e. The summed E-state index contributed by atoms with van der Waals surface area (Å²) < 4.78 is 0. The maximum atomic E-state index is 4.36. The Bertz CT molecular complexity index is 398. The quantitative estimate of drug-likeness (QED) is 0.780. The Morgan fingerprint density at radius 3 is 1.88 bits per heavy atom. The molecule has 0 N–H and O–H groups in total. The first kappa shape index (κ1) is 10.8. The molecular weight excluding hydrogens is 196 g/mol. The Labute approximate surface area is 96.4 Å². The highest BCUT2D eigenvalue weighted by Gasteiger charge is 2.00. The second kappa shape index (κ2) is 4.88. The van der Waals surface area contributed by atoms with Gasteiger partial charge in [0.1, 0.15) is 0 Å². The zero-order chi connectivity index (χ0) is 11.4. The fourth-order valence-corrected chi connectivity index (χ4v) is 1.58. The second-order valence-corrected chi connectivity index (χ2v) is 3.82. The predicted octanol–water partition coefficient (Wildman–Crippen LogP) is 3.27. The first-order chi connectivity index (χ1) is 7.83. The zero-order valence-corrected chi connectivity index (χ0v) is 9.77. The van der Waals surface area contributed by atoms with Crippen LogP contribution in [-0.4, -0.2) is 9.97 Å². The Morgan fingerprint density at radius 2 is 1.38 bits per heavy atom. The van der Waals surface area contributed by atoms with Gasteiger partial charge in [0.2, 0.25) is 0 Å². The van der Waals surface area contributed by atoms with Crippen molar-refractivity contribution in [1.82, 2.24) is 9.97 Å². The number of rotatable bonds is 3. The molecule has 0 aliphatic rings. The zero-order valence-electron chi connectivity index (χ0n) is 9.77. The van der Waals surface area contributed by atoms with Crippen LogP contribution in [0.2, 0.25) is 0 Å². The molecule has 2 aromatic rings. The summed E-state index contributed by atoms with van der Waals surface area (Å²) in [5, 5.41) is 0. The Balaban J connectivity index is 2.28. The third-order valence-electron chi connectivity index (χ3n) is 2.73. The van der Waals surface area contributed by atoms with E-state index in [1.807, 2.05) is 12.4 Å². The minimum atomic E-state index is 0.805. The Morgan fingerprint density at radius 1 is 0.812 bits per heavy atom. The molecule has 0 saturated carbocycles. The van der Waals surface area contributed by atoms with Gasteiger partial charge in [0.15, 0.2) is 5.82 Å². The van der Waals surface area contributed by atoms with Gasteiger partial charge in [0.25, 0.3) is 0 Å². The highest BCUT2D eigenvalue weighted by atomic mass is 14.9. The first-order valence-electron chi connectivity index (χ1n) is 5.73. The average molecular weight is 212 g/mol. The Hall–Kier alpha value is -1.70. The molecule has 0 saturated heterocycles. The molecule has 1 aromatic carbocycles. The molecule has 0 amide bonds. The lowest BCUT2D eigenvalue weighted by molar-refractivity contribution is 1.05. The van der Waals surface area contributed by atoms with Gasteiger partial charge in [-0.05, 0) is 24.0 Å². The average Bonchev–Trinajstić information content (AvgIpc) is 2.39. The van der Waals surface area contributed by atoms with Crippen LogP contribution in [0.1, 0.15) is 25.0 Å². The van der Waals surface area contributed by atoms with E-state index in [0.717, 1.165) is 24.2 Å². The lowest BCUT2D eigenvalue weighted by atomic mass is 10.1. The minimum Gasteiger partial charge on any atom is -0.236 e. The number of aryl methyl sites for hydroxylation is 2. The van der Waals surface area contributed by atoms with E-state index >= 15 is 0 Å². The number of hydrogen-bond acceptors (Lipinski definition) is 2. The lowest BCUT2D eigenvalue weighted by Gasteiger charge is -2.02. The molecule has 0 radical (unpaired) electrons. The fraction of sp³-hybridized carbons (Fsp3) is 0.286. The van der Waals surface area contributed by atoms with Gasteiger partial charge < -0.3 is 0 Å². The van der Waals surface area contributed by atoms with Crippen LogP contribution in [0.25, 0.3) is 11.4 Å². The molecule has 16 heavy (non-hydrogen) atoms. The summed E-state index contributed by atoms with van der Waals surface area (Å²) >= 11 is 0. The van der Waals surface area contributed by atoms with E-state index in [4.69, 9.17) is 0 Å². The van der Waals surface area contributed by atoms with Gasteiger partial charge in [0.05, 0.1) is 0 Å². The van der Waals surface area contributed by atoms with Crippen LogP contribution in [0, 0.1) is 0 Å². The molecular formula is C14H16N2. The summed E-state index contributed by atoms with van der Waals surface area (Å²) in [6, 6.07) is 8.43. The Kier molecular flexibility index (Phi) is 3.30. The molecule has 1 aromatic heterocycles. The summed E-state index contributed by atoms with van der Waals surface area (Å²) in [6.45, 7) is 4.26. The van der Waals surface area contributed by atoms with E-state index in [1.165, 1.54) is 11.1 Å². The van der Waals surface area contributed by atoms with Crippen molar-refractivity contribution in [3.63, 3.8) is 0 Å². The molecule has 0 aliphatic heterocycles. The molecule has 2 nitrogen and oxygen atoms in total. The van der Waals surface area contributed by atoms with Crippen LogP contribution < -0.4 is 0 Å². The van der Waals surface area contributed by atoms with Crippen molar-refractivity contribution in [1.29, 1.82) is 0 Å². The molecule has 0 fully saturated rings. The molecule has 0 bridgehead atoms. The fourth-order valence-electron chi connectivity index (χ4n) is 1.58. The number of benzene rings is 1. The second-order valence-electron chi connectivity index (χ2n) is 3.82. The summed E-state index contributed by atoms with van der Waals surface area (Å²) in [7, 11) is 0. The third-order valence-corrected chi connectivity index (χ3v) is 2.73. The molecule has 0 atom stereocenters. The largest absolute Gasteiger partial charge is 0.236 e. The number of aromatic nitrogens is 2. The molecule has 2 heteroatoms. The maximum absolute atomic E-state index is 4.36. The summed E-state index contributed by atoms with van der Waals surface area (Å²) in [5.41, 5.74) is 3.60. The summed E-state index contributed by atoms with van der Waals surface area (Å²) in [5.74, 6) is 0.805. The van der Waals surface area contributed by atoms with Gasteiger partial charge >= 0.3 is 0 Å². The van der Waals surface area contributed by atoms with Crippen LogP contribution >= 0.6 is 0 Å². The van der Waals surface area contributed by atoms with E-state index in [-0.39, 0.29) is 0 Å². The van der Waals surface area contributed by atoms with Crippen molar-refractivity contribution in [3.8, 4) is 11.4 Å². The van der Waals surface area contributed by atoms with Crippen molar-refractivity contribution in [2.24, 2.45) is 0 Å². The molecule has 0 aliphatic carbocycles. The molecule has 1 heterocycles. The van der Waals surface area contributed by atoms with Gasteiger partial charge in [-0.15, -0.1) is 0 Å². The van der Waals surface area contributed by atoms with Crippen LogP contribution in [-0.2, 0) is 12.8 Å². The predicted molar refractivity (Wildman–Crippen MR) is 66.2 cm³/mol. The standard InChI is InChI=1S/C14H16N2/c1-3-11-5-7-13(8-6-11)14-15-9-12(4-2)10-16-14/h5-10H,3-4H2,1-2H3. The highest BCUT2D eigenvalue weighted by Crippen LogP contribution is 2.15. The lowest BCUT2D eigenvalue weighted by Crippen LogP contribution is -1.91. The van der Waals surface area contributed by atoms with Gasteiger partial charge in [0, 0.05) is 18.0 Å². The summed E-state index contributed by atoms with van der Waals surface area (Å²) in [4.78, 5) is 8.73. The highest BCUT2D eigenvalue weighted by molar-refractivity contribution is 5.55. The van der Waals surface area contributed by atoms with Gasteiger partial charge in [-0.2, -0.15) is 0 Å². The van der Waals surface area contributed by atoms with Gasteiger partial charge in [-0.25, -0.2) is 9.97 Å². The monoisotopic (exact) mass is 212 g/mol. The van der Waals surface area contributed by atoms with Gasteiger partial charge in [-0.1, -0.05) is 38.1 Å². The van der Waals surface area contributed by atoms with Crippen molar-refractivity contribution in [2.75, 3.05) is 0 Å². The molecule has 0 spiro atoms. The van der Waals surface area contributed by atoms with E-state index in [1.54, 1.807) is 0 Å². The van der Waals surface area contributed by atoms with Crippen LogP contribution in [0.5, 0.6) is 0 Å². The van der Waals surface area contributed by atoms with Crippen molar-refractivity contribution >= 4 is 0 Å². The molecule has 82 valence electrons. The SMILES string of the molecule is CCc1ccc(-c2ncc(CC)cn2)cc1. The van der Waals surface area contributed by atoms with Crippen molar-refractivity contribution in [2.45, 2.75) is 26.7 Å². The number of nitrogens with zero attached hydrogens (tertiary/aromatic N) is 2. The van der Waals surface area contributed by atoms with Crippen molar-refractivity contribution in [3.05, 3.63) is 47.8 Å². The normalized spacial score (nSPS) is 10.4. The summed E-state index contributed by atoms with van der Waals surface area (Å²) in [6.07, 6.45) is 5.84. The topological polar surface area (TPSA) is 25.8 Å². The number of hydrogen-bond donors (Lipinski definition) is 0. The van der Waals surface area contributed by atoms with E-state index in [0.29, 0.717) is 0 Å². The molecule has 0 unspecified atom stereocenters. The van der Waals surface area contributed by atoms with E-state index in [2.05, 4.69) is 48.1 Å². The van der Waals surface area contributed by atoms with Crippen molar-refractivity contribution < 1.29 is 0 Å². The minimum absolute atomic E-state index is 0.805. The van der Waals surface area contributed by atoms with Crippen LogP contribution in [0.4, 0.5) is 0 Å².